The zero-order valence-corrected chi connectivity index (χ0v) is 14.8. The molecule has 1 unspecified atom stereocenters. The molecule has 0 bridgehead atoms. The first-order valence-electron chi connectivity index (χ1n) is 8.80. The molecule has 1 atom stereocenters. The lowest BCUT2D eigenvalue weighted by molar-refractivity contribution is -0.127. The van der Waals surface area contributed by atoms with E-state index in [0.29, 0.717) is 12.3 Å². The maximum atomic E-state index is 12.1. The highest BCUT2D eigenvalue weighted by molar-refractivity contribution is 5.80. The van der Waals surface area contributed by atoms with Crippen LogP contribution in [0.2, 0.25) is 0 Å². The molecule has 0 fully saturated rings. The van der Waals surface area contributed by atoms with E-state index in [0.717, 1.165) is 24.4 Å². The predicted molar refractivity (Wildman–Crippen MR) is 102 cm³/mol. The number of aromatic nitrogens is 2. The third-order valence-corrected chi connectivity index (χ3v) is 4.05. The highest BCUT2D eigenvalue weighted by atomic mass is 16.5. The van der Waals surface area contributed by atoms with Crippen molar-refractivity contribution in [3.8, 4) is 17.1 Å². The number of carbonyl (C=O) groups is 1. The quantitative estimate of drug-likeness (QED) is 0.633. The van der Waals surface area contributed by atoms with Crippen molar-refractivity contribution in [1.82, 2.24) is 14.9 Å². The summed E-state index contributed by atoms with van der Waals surface area (Å²) in [5, 5.41) is 2.93. The van der Waals surface area contributed by atoms with E-state index in [1.54, 1.807) is 13.1 Å². The summed E-state index contributed by atoms with van der Waals surface area (Å²) in [6.45, 7) is 3.14. The van der Waals surface area contributed by atoms with Gasteiger partial charge in [-0.2, -0.15) is 0 Å². The number of carbonyl (C=O) groups excluding carboxylic acids is 1. The number of aryl methyl sites for hydroxylation is 1. The minimum Gasteiger partial charge on any atom is -0.481 e. The van der Waals surface area contributed by atoms with E-state index in [-0.39, 0.29) is 5.91 Å². The molecule has 5 nitrogen and oxygen atoms in total. The van der Waals surface area contributed by atoms with Crippen LogP contribution in [0.1, 0.15) is 13.3 Å². The van der Waals surface area contributed by atoms with Crippen LogP contribution in [0.25, 0.3) is 11.4 Å². The first-order valence-corrected chi connectivity index (χ1v) is 8.80. The Kier molecular flexibility index (Phi) is 6.04. The maximum Gasteiger partial charge on any atom is 0.260 e. The topological polar surface area (TPSA) is 56.1 Å². The first kappa shape index (κ1) is 17.7. The van der Waals surface area contributed by atoms with Gasteiger partial charge in [-0.1, -0.05) is 48.5 Å². The van der Waals surface area contributed by atoms with Crippen molar-refractivity contribution in [2.45, 2.75) is 26.0 Å². The lowest BCUT2D eigenvalue weighted by Gasteiger charge is -2.15. The van der Waals surface area contributed by atoms with Crippen LogP contribution in [0.15, 0.2) is 73.1 Å². The second-order valence-electron chi connectivity index (χ2n) is 6.03. The normalized spacial score (nSPS) is 11.7. The molecule has 134 valence electrons. The summed E-state index contributed by atoms with van der Waals surface area (Å²) in [5.74, 6) is 1.53. The Morgan fingerprint density at radius 3 is 2.54 bits per heavy atom. The zero-order chi connectivity index (χ0) is 18.2. The summed E-state index contributed by atoms with van der Waals surface area (Å²) in [4.78, 5) is 16.6. The molecule has 1 heterocycles. The van der Waals surface area contributed by atoms with Crippen LogP contribution in [0.5, 0.6) is 5.75 Å². The molecule has 1 N–H and O–H groups in total. The standard InChI is InChI=1S/C21H23N3O2/c1-17(26-19-11-6-3-7-12-19)21(25)23-13-8-15-24-16-14-22-20(24)18-9-4-2-5-10-18/h2-7,9-12,14,16-17H,8,13,15H2,1H3,(H,23,25). The van der Waals surface area contributed by atoms with Gasteiger partial charge in [0.25, 0.3) is 5.91 Å². The minimum absolute atomic E-state index is 0.109. The van der Waals surface area contributed by atoms with E-state index >= 15 is 0 Å². The second kappa shape index (κ2) is 8.85. The van der Waals surface area contributed by atoms with Crippen LogP contribution < -0.4 is 10.1 Å². The second-order valence-corrected chi connectivity index (χ2v) is 6.03. The fourth-order valence-electron chi connectivity index (χ4n) is 2.70. The minimum atomic E-state index is -0.523. The average Bonchev–Trinajstić information content (AvgIpc) is 3.15. The Balaban J connectivity index is 1.45. The number of amides is 1. The van der Waals surface area contributed by atoms with E-state index in [2.05, 4.69) is 14.9 Å². The van der Waals surface area contributed by atoms with Crippen molar-refractivity contribution in [3.63, 3.8) is 0 Å². The third-order valence-electron chi connectivity index (χ3n) is 4.05. The number of hydrogen-bond acceptors (Lipinski definition) is 3. The van der Waals surface area contributed by atoms with Gasteiger partial charge < -0.3 is 14.6 Å². The third kappa shape index (κ3) is 4.72. The molecule has 5 heteroatoms. The Hall–Kier alpha value is -3.08. The van der Waals surface area contributed by atoms with Gasteiger partial charge in [0.2, 0.25) is 0 Å². The summed E-state index contributed by atoms with van der Waals surface area (Å²) in [6.07, 6.45) is 4.06. The summed E-state index contributed by atoms with van der Waals surface area (Å²) in [6, 6.07) is 19.5. The SMILES string of the molecule is CC(Oc1ccccc1)C(=O)NCCCn1ccnc1-c1ccccc1. The fourth-order valence-corrected chi connectivity index (χ4v) is 2.70. The van der Waals surface area contributed by atoms with Gasteiger partial charge in [-0.3, -0.25) is 4.79 Å². The molecule has 0 aliphatic carbocycles. The van der Waals surface area contributed by atoms with Gasteiger partial charge in [-0.15, -0.1) is 0 Å². The van der Waals surface area contributed by atoms with Crippen LogP contribution in [-0.2, 0) is 11.3 Å². The molecule has 26 heavy (non-hydrogen) atoms. The fraction of sp³-hybridized carbons (Fsp3) is 0.238. The highest BCUT2D eigenvalue weighted by Gasteiger charge is 2.13. The monoisotopic (exact) mass is 349 g/mol. The van der Waals surface area contributed by atoms with E-state index in [1.807, 2.05) is 66.9 Å². The largest absolute Gasteiger partial charge is 0.481 e. The zero-order valence-electron chi connectivity index (χ0n) is 14.8. The number of hydrogen-bond donors (Lipinski definition) is 1. The van der Waals surface area contributed by atoms with Gasteiger partial charge in [0.15, 0.2) is 6.10 Å². The molecule has 0 aliphatic heterocycles. The molecule has 3 rings (SSSR count). The van der Waals surface area contributed by atoms with E-state index in [4.69, 9.17) is 4.74 Å². The van der Waals surface area contributed by atoms with Crippen molar-refractivity contribution in [1.29, 1.82) is 0 Å². The van der Waals surface area contributed by atoms with Crippen molar-refractivity contribution in [2.24, 2.45) is 0 Å². The molecule has 0 saturated heterocycles. The number of para-hydroxylation sites is 1. The number of rotatable bonds is 8. The van der Waals surface area contributed by atoms with Crippen LogP contribution in [-0.4, -0.2) is 28.1 Å². The van der Waals surface area contributed by atoms with Gasteiger partial charge in [0.05, 0.1) is 0 Å². The number of imidazole rings is 1. The molecule has 0 radical (unpaired) electrons. The van der Waals surface area contributed by atoms with Gasteiger partial charge in [0.1, 0.15) is 11.6 Å². The molecule has 0 spiro atoms. The van der Waals surface area contributed by atoms with Crippen molar-refractivity contribution in [2.75, 3.05) is 6.54 Å². The molecular weight excluding hydrogens is 326 g/mol. The lowest BCUT2D eigenvalue weighted by Crippen LogP contribution is -2.37. The average molecular weight is 349 g/mol. The van der Waals surface area contributed by atoms with Crippen molar-refractivity contribution in [3.05, 3.63) is 73.1 Å². The molecule has 1 amide bonds. The molecule has 3 aromatic rings. The summed E-state index contributed by atoms with van der Waals surface area (Å²) >= 11 is 0. The van der Waals surface area contributed by atoms with Crippen LogP contribution in [0.3, 0.4) is 0 Å². The van der Waals surface area contributed by atoms with E-state index in [1.165, 1.54) is 0 Å². The molecule has 2 aromatic carbocycles. The number of nitrogens with one attached hydrogen (secondary N) is 1. The highest BCUT2D eigenvalue weighted by Crippen LogP contribution is 2.16. The Morgan fingerprint density at radius 1 is 1.12 bits per heavy atom. The van der Waals surface area contributed by atoms with Crippen LogP contribution in [0, 0.1) is 0 Å². The van der Waals surface area contributed by atoms with Gasteiger partial charge in [-0.25, -0.2) is 4.98 Å². The van der Waals surface area contributed by atoms with Crippen molar-refractivity contribution >= 4 is 5.91 Å². The predicted octanol–water partition coefficient (Wildman–Crippen LogP) is 3.52. The summed E-state index contributed by atoms with van der Waals surface area (Å²) in [7, 11) is 0. The maximum absolute atomic E-state index is 12.1. The van der Waals surface area contributed by atoms with Crippen molar-refractivity contribution < 1.29 is 9.53 Å². The summed E-state index contributed by atoms with van der Waals surface area (Å²) < 4.78 is 7.73. The Morgan fingerprint density at radius 2 is 1.81 bits per heavy atom. The molecule has 0 saturated carbocycles. The summed E-state index contributed by atoms with van der Waals surface area (Å²) in [5.41, 5.74) is 1.09. The van der Waals surface area contributed by atoms with Gasteiger partial charge in [0, 0.05) is 31.0 Å². The lowest BCUT2D eigenvalue weighted by atomic mass is 10.2. The van der Waals surface area contributed by atoms with E-state index in [9.17, 15) is 4.79 Å². The number of nitrogens with zero attached hydrogens (tertiary/aromatic N) is 2. The number of benzene rings is 2. The van der Waals surface area contributed by atoms with Crippen LogP contribution in [0.4, 0.5) is 0 Å². The van der Waals surface area contributed by atoms with Gasteiger partial charge in [-0.05, 0) is 25.5 Å². The number of ether oxygens (including phenoxy) is 1. The molecule has 0 aliphatic rings. The van der Waals surface area contributed by atoms with E-state index < -0.39 is 6.10 Å². The molecule has 1 aromatic heterocycles. The van der Waals surface area contributed by atoms with Crippen LogP contribution >= 0.6 is 0 Å². The smallest absolute Gasteiger partial charge is 0.260 e. The molecular formula is C21H23N3O2. The Bertz CT molecular complexity index is 816. The first-order chi connectivity index (χ1) is 12.7. The Labute approximate surface area is 153 Å². The van der Waals surface area contributed by atoms with Gasteiger partial charge >= 0.3 is 0 Å².